The van der Waals surface area contributed by atoms with Crippen LogP contribution >= 0.6 is 11.6 Å². The molecule has 1 fully saturated rings. The molecule has 0 radical (unpaired) electrons. The van der Waals surface area contributed by atoms with Gasteiger partial charge in [0, 0.05) is 23.2 Å². The second-order valence-corrected chi connectivity index (χ2v) is 7.84. The van der Waals surface area contributed by atoms with Gasteiger partial charge in [0.2, 0.25) is 11.8 Å². The third kappa shape index (κ3) is 4.80. The number of likely N-dealkylation sites (tertiary alicyclic amines) is 1. The number of rotatable bonds is 3. The normalized spacial score (nSPS) is 17.0. The first-order chi connectivity index (χ1) is 12.7. The number of ether oxygens (including phenoxy) is 1. The SMILES string of the molecule is CC(C)(C)OC(=O)N1CCC[C@H]1C(=O)Nc1cc(-c2cccc(Cl)c2)no1. The van der Waals surface area contributed by atoms with E-state index in [1.807, 2.05) is 12.1 Å². The van der Waals surface area contributed by atoms with Crippen LogP contribution in [0.25, 0.3) is 11.3 Å². The zero-order valence-electron chi connectivity index (χ0n) is 15.5. The summed E-state index contributed by atoms with van der Waals surface area (Å²) >= 11 is 5.99. The maximum atomic E-state index is 12.6. The number of benzene rings is 1. The van der Waals surface area contributed by atoms with E-state index in [9.17, 15) is 9.59 Å². The van der Waals surface area contributed by atoms with Crippen molar-refractivity contribution < 1.29 is 18.8 Å². The lowest BCUT2D eigenvalue weighted by Crippen LogP contribution is -2.45. The van der Waals surface area contributed by atoms with Crippen molar-refractivity contribution in [3.8, 4) is 11.3 Å². The zero-order valence-corrected chi connectivity index (χ0v) is 16.2. The quantitative estimate of drug-likeness (QED) is 0.841. The first-order valence-corrected chi connectivity index (χ1v) is 9.14. The van der Waals surface area contributed by atoms with Crippen molar-refractivity contribution in [2.24, 2.45) is 0 Å². The number of amides is 2. The highest BCUT2D eigenvalue weighted by Crippen LogP contribution is 2.26. The monoisotopic (exact) mass is 391 g/mol. The molecule has 1 aliphatic rings. The number of carbonyl (C=O) groups excluding carboxylic acids is 2. The Labute approximate surface area is 162 Å². The van der Waals surface area contributed by atoms with E-state index in [1.165, 1.54) is 4.90 Å². The van der Waals surface area contributed by atoms with Gasteiger partial charge >= 0.3 is 6.09 Å². The Morgan fingerprint density at radius 1 is 1.33 bits per heavy atom. The van der Waals surface area contributed by atoms with Crippen LogP contribution < -0.4 is 5.32 Å². The molecule has 1 aliphatic heterocycles. The minimum absolute atomic E-state index is 0.214. The minimum Gasteiger partial charge on any atom is -0.444 e. The number of halogens is 1. The van der Waals surface area contributed by atoms with Crippen LogP contribution in [-0.4, -0.2) is 40.2 Å². The smallest absolute Gasteiger partial charge is 0.410 e. The van der Waals surface area contributed by atoms with Gasteiger partial charge in [-0.15, -0.1) is 0 Å². The van der Waals surface area contributed by atoms with Crippen molar-refractivity contribution in [3.63, 3.8) is 0 Å². The Hall–Kier alpha value is -2.54. The van der Waals surface area contributed by atoms with Gasteiger partial charge in [-0.05, 0) is 45.7 Å². The maximum Gasteiger partial charge on any atom is 0.410 e. The summed E-state index contributed by atoms with van der Waals surface area (Å²) in [4.78, 5) is 26.4. The lowest BCUT2D eigenvalue weighted by atomic mass is 10.1. The summed E-state index contributed by atoms with van der Waals surface area (Å²) < 4.78 is 10.6. The van der Waals surface area contributed by atoms with Crippen LogP contribution in [0, 0.1) is 0 Å². The van der Waals surface area contributed by atoms with Crippen LogP contribution in [0.1, 0.15) is 33.6 Å². The average Bonchev–Trinajstić information content (AvgIpc) is 3.22. The topological polar surface area (TPSA) is 84.7 Å². The number of hydrogen-bond acceptors (Lipinski definition) is 5. The van der Waals surface area contributed by atoms with Gasteiger partial charge in [-0.25, -0.2) is 4.79 Å². The second kappa shape index (κ2) is 7.60. The summed E-state index contributed by atoms with van der Waals surface area (Å²) in [6.45, 7) is 5.86. The lowest BCUT2D eigenvalue weighted by Gasteiger charge is -2.27. The molecule has 0 aliphatic carbocycles. The van der Waals surface area contributed by atoms with Crippen LogP contribution in [-0.2, 0) is 9.53 Å². The summed E-state index contributed by atoms with van der Waals surface area (Å²) in [7, 11) is 0. The number of aromatic nitrogens is 1. The van der Waals surface area contributed by atoms with Gasteiger partial charge < -0.3 is 9.26 Å². The first kappa shape index (κ1) is 19.2. The van der Waals surface area contributed by atoms with Gasteiger partial charge in [0.25, 0.3) is 0 Å². The molecule has 2 amide bonds. The Bertz CT molecular complexity index is 843. The van der Waals surface area contributed by atoms with Gasteiger partial charge in [0.05, 0.1) is 0 Å². The number of anilines is 1. The average molecular weight is 392 g/mol. The molecule has 1 aromatic carbocycles. The molecule has 1 atom stereocenters. The van der Waals surface area contributed by atoms with Crippen molar-refractivity contribution in [1.29, 1.82) is 0 Å². The van der Waals surface area contributed by atoms with Crippen molar-refractivity contribution in [3.05, 3.63) is 35.4 Å². The van der Waals surface area contributed by atoms with Crippen LogP contribution in [0.4, 0.5) is 10.7 Å². The van der Waals surface area contributed by atoms with Crippen LogP contribution in [0.15, 0.2) is 34.9 Å². The molecule has 1 N–H and O–H groups in total. The van der Waals surface area contributed by atoms with Gasteiger partial charge in [0.15, 0.2) is 0 Å². The highest BCUT2D eigenvalue weighted by Gasteiger charge is 2.37. The van der Waals surface area contributed by atoms with E-state index in [2.05, 4.69) is 10.5 Å². The molecule has 7 nitrogen and oxygen atoms in total. The number of nitrogens with one attached hydrogen (secondary N) is 1. The summed E-state index contributed by atoms with van der Waals surface area (Å²) in [5.41, 5.74) is 0.725. The summed E-state index contributed by atoms with van der Waals surface area (Å²) in [6, 6.07) is 8.19. The van der Waals surface area contributed by atoms with E-state index in [0.717, 1.165) is 12.0 Å². The highest BCUT2D eigenvalue weighted by atomic mass is 35.5. The maximum absolute atomic E-state index is 12.6. The third-order valence-corrected chi connectivity index (χ3v) is 4.30. The summed E-state index contributed by atoms with van der Waals surface area (Å²) in [5.74, 6) is -0.113. The number of carbonyl (C=O) groups is 2. The highest BCUT2D eigenvalue weighted by molar-refractivity contribution is 6.30. The third-order valence-electron chi connectivity index (χ3n) is 4.06. The standard InChI is InChI=1S/C19H22ClN3O4/c1-19(2,3)26-18(25)23-9-5-8-15(23)17(24)21-16-11-14(22-27-16)12-6-4-7-13(20)10-12/h4,6-7,10-11,15H,5,8-9H2,1-3H3,(H,21,24)/t15-/m0/s1. The fourth-order valence-electron chi connectivity index (χ4n) is 2.90. The molecular formula is C19H22ClN3O4. The molecule has 2 heterocycles. The number of nitrogens with zero attached hydrogens (tertiary/aromatic N) is 2. The number of hydrogen-bond donors (Lipinski definition) is 1. The Morgan fingerprint density at radius 3 is 2.81 bits per heavy atom. The Kier molecular flexibility index (Phi) is 5.41. The summed E-state index contributed by atoms with van der Waals surface area (Å²) in [5, 5.41) is 7.23. The zero-order chi connectivity index (χ0) is 19.6. The van der Waals surface area contributed by atoms with Crippen LogP contribution in [0.5, 0.6) is 0 Å². The van der Waals surface area contributed by atoms with Crippen LogP contribution in [0.2, 0.25) is 5.02 Å². The van der Waals surface area contributed by atoms with E-state index < -0.39 is 17.7 Å². The molecular weight excluding hydrogens is 370 g/mol. The first-order valence-electron chi connectivity index (χ1n) is 8.76. The molecule has 27 heavy (non-hydrogen) atoms. The molecule has 2 aromatic rings. The molecule has 1 aromatic heterocycles. The molecule has 0 saturated carbocycles. The molecule has 0 unspecified atom stereocenters. The largest absolute Gasteiger partial charge is 0.444 e. The second-order valence-electron chi connectivity index (χ2n) is 7.41. The van der Waals surface area contributed by atoms with E-state index >= 15 is 0 Å². The van der Waals surface area contributed by atoms with Crippen molar-refractivity contribution in [1.82, 2.24) is 10.1 Å². The van der Waals surface area contributed by atoms with Gasteiger partial charge in [-0.3, -0.25) is 15.0 Å². The molecule has 8 heteroatoms. The van der Waals surface area contributed by atoms with Gasteiger partial charge in [-0.2, -0.15) is 0 Å². The van der Waals surface area contributed by atoms with Crippen molar-refractivity contribution >= 4 is 29.5 Å². The fraction of sp³-hybridized carbons (Fsp3) is 0.421. The minimum atomic E-state index is -0.614. The van der Waals surface area contributed by atoms with E-state index in [-0.39, 0.29) is 11.8 Å². The van der Waals surface area contributed by atoms with Crippen molar-refractivity contribution in [2.45, 2.75) is 45.3 Å². The molecule has 0 bridgehead atoms. The predicted molar refractivity (Wildman–Crippen MR) is 102 cm³/mol. The Balaban J connectivity index is 1.67. The lowest BCUT2D eigenvalue weighted by molar-refractivity contribution is -0.120. The Morgan fingerprint density at radius 2 is 2.11 bits per heavy atom. The van der Waals surface area contributed by atoms with Crippen LogP contribution in [0.3, 0.4) is 0 Å². The van der Waals surface area contributed by atoms with E-state index in [4.69, 9.17) is 20.9 Å². The molecule has 144 valence electrons. The summed E-state index contributed by atoms with van der Waals surface area (Å²) in [6.07, 6.45) is 0.819. The van der Waals surface area contributed by atoms with E-state index in [0.29, 0.717) is 23.7 Å². The van der Waals surface area contributed by atoms with Gasteiger partial charge in [0.1, 0.15) is 17.3 Å². The van der Waals surface area contributed by atoms with Crippen molar-refractivity contribution in [2.75, 3.05) is 11.9 Å². The predicted octanol–water partition coefficient (Wildman–Crippen LogP) is 4.33. The van der Waals surface area contributed by atoms with Gasteiger partial charge in [-0.1, -0.05) is 28.9 Å². The molecule has 3 rings (SSSR count). The molecule has 0 spiro atoms. The fourth-order valence-corrected chi connectivity index (χ4v) is 3.09. The van der Waals surface area contributed by atoms with E-state index in [1.54, 1.807) is 39.0 Å². The molecule has 1 saturated heterocycles.